The van der Waals surface area contributed by atoms with Crippen LogP contribution in [0.5, 0.6) is 0 Å². The predicted octanol–water partition coefficient (Wildman–Crippen LogP) is 4.53. The molecule has 0 radical (unpaired) electrons. The highest BCUT2D eigenvalue weighted by Gasteiger charge is 2.68. The molecule has 6 aliphatic rings. The average molecular weight is 616 g/mol. The monoisotopic (exact) mass is 615 g/mol. The number of esters is 3. The molecule has 12 nitrogen and oxygen atoms in total. The van der Waals surface area contributed by atoms with E-state index in [1.54, 1.807) is 6.08 Å². The minimum absolute atomic E-state index is 0.0553. The topological polar surface area (TPSA) is 166 Å². The van der Waals surface area contributed by atoms with Crippen molar-refractivity contribution in [1.82, 2.24) is 0 Å². The van der Waals surface area contributed by atoms with Crippen molar-refractivity contribution in [2.24, 2.45) is 39.6 Å². The molecular weight excluding hydrogens is 570 g/mol. The van der Waals surface area contributed by atoms with Gasteiger partial charge in [-0.05, 0) is 98.0 Å². The summed E-state index contributed by atoms with van der Waals surface area (Å²) in [4.78, 5) is 38.5. The van der Waals surface area contributed by atoms with E-state index in [0.29, 0.717) is 18.4 Å². The molecule has 0 aromatic rings. The van der Waals surface area contributed by atoms with Crippen molar-refractivity contribution in [3.8, 4) is 0 Å². The van der Waals surface area contributed by atoms with Gasteiger partial charge in [-0.2, -0.15) is 0 Å². The number of rotatable bonds is 7. The Bertz CT molecular complexity index is 1270. The van der Waals surface area contributed by atoms with E-state index in [1.807, 2.05) is 0 Å². The molecule has 0 spiro atoms. The summed E-state index contributed by atoms with van der Waals surface area (Å²) in [6.45, 7) is 7.43. The zero-order valence-corrected chi connectivity index (χ0v) is 26.1. The van der Waals surface area contributed by atoms with Crippen LogP contribution in [0, 0.1) is 34.5 Å². The van der Waals surface area contributed by atoms with Gasteiger partial charge in [-0.1, -0.05) is 19.0 Å². The first kappa shape index (κ1) is 31.3. The minimum Gasteiger partial charge on any atom is -0.458 e. The van der Waals surface area contributed by atoms with E-state index in [0.717, 1.165) is 63.4 Å². The summed E-state index contributed by atoms with van der Waals surface area (Å²) in [5.74, 6) is -0.211. The summed E-state index contributed by atoms with van der Waals surface area (Å²) in [5.41, 5.74) is 8.91. The maximum Gasteiger partial charge on any atom is 0.331 e. The molecule has 5 fully saturated rings. The number of hydrogen-bond acceptors (Lipinski definition) is 10. The second-order valence-electron chi connectivity index (χ2n) is 14.4. The third kappa shape index (κ3) is 5.11. The molecule has 44 heavy (non-hydrogen) atoms. The van der Waals surface area contributed by atoms with Crippen LogP contribution in [0.4, 0.5) is 0 Å². The van der Waals surface area contributed by atoms with Gasteiger partial charge < -0.3 is 28.8 Å². The van der Waals surface area contributed by atoms with Crippen LogP contribution < -0.4 is 0 Å². The van der Waals surface area contributed by atoms with Crippen molar-refractivity contribution in [2.75, 3.05) is 13.2 Å². The Kier molecular flexibility index (Phi) is 8.26. The Balaban J connectivity index is 1.16. The van der Waals surface area contributed by atoms with Gasteiger partial charge in [-0.15, -0.1) is 0 Å². The molecule has 2 heterocycles. The van der Waals surface area contributed by atoms with Crippen LogP contribution in [0.1, 0.15) is 85.5 Å². The molecule has 0 bridgehead atoms. The molecule has 4 aliphatic carbocycles. The fourth-order valence-electron chi connectivity index (χ4n) is 10.4. The lowest BCUT2D eigenvalue weighted by atomic mass is 9.43. The lowest BCUT2D eigenvalue weighted by Crippen LogP contribution is -2.62. The van der Waals surface area contributed by atoms with Gasteiger partial charge in [0.2, 0.25) is 0 Å². The molecule has 1 saturated heterocycles. The van der Waals surface area contributed by atoms with Crippen molar-refractivity contribution < 1.29 is 43.2 Å². The fourth-order valence-corrected chi connectivity index (χ4v) is 10.4. The van der Waals surface area contributed by atoms with Gasteiger partial charge in [0, 0.05) is 30.3 Å². The van der Waals surface area contributed by atoms with Crippen LogP contribution in [0.25, 0.3) is 10.4 Å². The highest BCUT2D eigenvalue weighted by atomic mass is 16.7. The van der Waals surface area contributed by atoms with Crippen LogP contribution in [0.3, 0.4) is 0 Å². The maximum absolute atomic E-state index is 12.5. The molecule has 12 atom stereocenters. The number of carbonyl (C=O) groups excluding carboxylic acids is 3. The number of hydrogen-bond donors (Lipinski definition) is 1. The normalized spacial score (nSPS) is 46.1. The summed E-state index contributed by atoms with van der Waals surface area (Å²) in [6, 6.07) is 0. The van der Waals surface area contributed by atoms with Crippen LogP contribution in [0.2, 0.25) is 0 Å². The number of azide groups is 1. The summed E-state index contributed by atoms with van der Waals surface area (Å²) in [5, 5.41) is 16.1. The molecule has 242 valence electrons. The van der Waals surface area contributed by atoms with Gasteiger partial charge >= 0.3 is 17.9 Å². The first-order valence-corrected chi connectivity index (χ1v) is 16.2. The van der Waals surface area contributed by atoms with E-state index in [4.69, 9.17) is 29.2 Å². The molecule has 6 rings (SSSR count). The second kappa shape index (κ2) is 11.6. The van der Waals surface area contributed by atoms with Gasteiger partial charge in [-0.25, -0.2) is 4.79 Å². The van der Waals surface area contributed by atoms with Crippen molar-refractivity contribution in [3.63, 3.8) is 0 Å². The van der Waals surface area contributed by atoms with Gasteiger partial charge in [0.25, 0.3) is 0 Å². The fraction of sp³-hybridized carbons (Fsp3) is 0.844. The summed E-state index contributed by atoms with van der Waals surface area (Å²) >= 11 is 0. The predicted molar refractivity (Wildman–Crippen MR) is 154 cm³/mol. The van der Waals surface area contributed by atoms with Crippen LogP contribution in [-0.4, -0.2) is 72.5 Å². The molecule has 12 heteroatoms. The summed E-state index contributed by atoms with van der Waals surface area (Å²) < 4.78 is 28.8. The highest BCUT2D eigenvalue weighted by molar-refractivity contribution is 5.85. The largest absolute Gasteiger partial charge is 0.458 e. The Hall–Kier alpha value is -2.66. The summed E-state index contributed by atoms with van der Waals surface area (Å²) in [7, 11) is 0. The van der Waals surface area contributed by atoms with Crippen LogP contribution in [0.15, 0.2) is 16.8 Å². The lowest BCUT2D eigenvalue weighted by molar-refractivity contribution is -0.233. The van der Waals surface area contributed by atoms with E-state index in [-0.39, 0.29) is 41.3 Å². The number of fused-ring (bicyclic) bond motifs is 5. The lowest BCUT2D eigenvalue weighted by Gasteiger charge is -2.63. The van der Waals surface area contributed by atoms with E-state index in [1.165, 1.54) is 13.8 Å². The molecule has 3 unspecified atom stereocenters. The van der Waals surface area contributed by atoms with E-state index >= 15 is 0 Å². The first-order chi connectivity index (χ1) is 20.9. The zero-order chi connectivity index (χ0) is 31.4. The average Bonchev–Trinajstić information content (AvgIpc) is 3.61. The Morgan fingerprint density at radius 1 is 1.05 bits per heavy atom. The van der Waals surface area contributed by atoms with Gasteiger partial charge in [0.15, 0.2) is 18.5 Å². The van der Waals surface area contributed by atoms with Crippen molar-refractivity contribution >= 4 is 17.9 Å². The maximum atomic E-state index is 12.5. The Morgan fingerprint density at radius 3 is 2.48 bits per heavy atom. The molecular formula is C32H45N3O9. The smallest absolute Gasteiger partial charge is 0.331 e. The Morgan fingerprint density at radius 2 is 1.80 bits per heavy atom. The molecule has 2 aliphatic heterocycles. The first-order valence-electron chi connectivity index (χ1n) is 16.2. The molecule has 0 aromatic carbocycles. The van der Waals surface area contributed by atoms with Gasteiger partial charge in [0.1, 0.15) is 12.7 Å². The van der Waals surface area contributed by atoms with Gasteiger partial charge in [-0.3, -0.25) is 9.59 Å². The van der Waals surface area contributed by atoms with E-state index in [9.17, 15) is 19.5 Å². The third-order valence-corrected chi connectivity index (χ3v) is 12.5. The molecule has 4 saturated carbocycles. The minimum atomic E-state index is -0.976. The third-order valence-electron chi connectivity index (χ3n) is 12.5. The van der Waals surface area contributed by atoms with E-state index in [2.05, 4.69) is 23.9 Å². The number of ether oxygens (including phenoxy) is 5. The highest BCUT2D eigenvalue weighted by Crippen LogP contribution is 2.70. The van der Waals surface area contributed by atoms with E-state index < -0.39 is 42.1 Å². The van der Waals surface area contributed by atoms with Crippen molar-refractivity contribution in [2.45, 2.75) is 122 Å². The second-order valence-corrected chi connectivity index (χ2v) is 14.4. The number of cyclic esters (lactones) is 1. The molecule has 0 amide bonds. The Labute approximate surface area is 257 Å². The van der Waals surface area contributed by atoms with Gasteiger partial charge in [0.05, 0.1) is 18.2 Å². The van der Waals surface area contributed by atoms with Crippen molar-refractivity contribution in [3.05, 3.63) is 22.1 Å². The van der Waals surface area contributed by atoms with Crippen LogP contribution >= 0.6 is 0 Å². The zero-order valence-electron chi connectivity index (χ0n) is 26.1. The standard InChI is InChI=1S/C32H45N3O9/c1-17(36)41-27-25(15-34-35-33)44-29(28(27)42-18(2)37)43-21-7-10-30(3)20(14-21)5-6-24-23(30)8-11-31(4)22(9-12-32(24,31)39)19-13-26(38)40-16-19/h13,20-25,27-29,39H,5-12,14-16H2,1-4H3/t20?,21?,22-,23+,24?,25-,27-,28-,29-,30+,31-,32-/m1/s1. The van der Waals surface area contributed by atoms with Crippen molar-refractivity contribution in [1.29, 1.82) is 0 Å². The van der Waals surface area contributed by atoms with Crippen LogP contribution in [-0.2, 0) is 38.1 Å². The summed E-state index contributed by atoms with van der Waals surface area (Å²) in [6.07, 6.45) is 5.90. The molecule has 1 N–H and O–H groups in total. The quantitative estimate of drug-likeness (QED) is 0.142. The molecule has 0 aromatic heterocycles. The number of nitrogens with zero attached hydrogens (tertiary/aromatic N) is 3. The number of carbonyl (C=O) groups is 3. The SMILES string of the molecule is CC(=O)O[C@H]1[C@H](OC2CC[C@@]3(C)C(CCC4[C@@H]3CC[C@]3(C)[C@@H](C5=CC(=O)OC5)CC[C@@]43O)C2)O[C@H](CN=[N+]=[N-])[C@H]1OC(C)=O. The number of aliphatic hydroxyl groups is 1.